The van der Waals surface area contributed by atoms with E-state index in [1.165, 1.54) is 29.5 Å². The van der Waals surface area contributed by atoms with Crippen LogP contribution < -0.4 is 16.4 Å². The Balaban J connectivity index is 1.84. The number of primary amides is 1. The van der Waals surface area contributed by atoms with Gasteiger partial charge in [-0.25, -0.2) is 9.18 Å². The van der Waals surface area contributed by atoms with Gasteiger partial charge in [0.2, 0.25) is 0 Å². The summed E-state index contributed by atoms with van der Waals surface area (Å²) < 4.78 is 13.6. The number of urea groups is 1. The molecule has 4 N–H and O–H groups in total. The summed E-state index contributed by atoms with van der Waals surface area (Å²) in [6, 6.07) is 16.2. The molecule has 0 saturated heterocycles. The number of hydrogen-bond acceptors (Lipinski definition) is 3. The van der Waals surface area contributed by atoms with Crippen molar-refractivity contribution in [2.75, 3.05) is 10.6 Å². The number of thiophene rings is 1. The third kappa shape index (κ3) is 3.84. The molecule has 0 aliphatic carbocycles. The average molecular weight is 355 g/mol. The highest BCUT2D eigenvalue weighted by Crippen LogP contribution is 2.35. The van der Waals surface area contributed by atoms with Crippen molar-refractivity contribution < 1.29 is 14.0 Å². The van der Waals surface area contributed by atoms with Crippen molar-refractivity contribution in [2.45, 2.75) is 0 Å². The number of nitrogens with one attached hydrogen (secondary N) is 2. The lowest BCUT2D eigenvalue weighted by molar-refractivity contribution is 0.100. The van der Waals surface area contributed by atoms with Crippen LogP contribution in [0.1, 0.15) is 10.4 Å². The summed E-state index contributed by atoms with van der Waals surface area (Å²) in [5.41, 5.74) is 6.54. The summed E-state index contributed by atoms with van der Waals surface area (Å²) >= 11 is 1.22. The van der Waals surface area contributed by atoms with Crippen molar-refractivity contribution >= 4 is 34.0 Å². The van der Waals surface area contributed by atoms with Crippen molar-refractivity contribution in [3.8, 4) is 10.4 Å². The quantitative estimate of drug-likeness (QED) is 0.652. The maximum Gasteiger partial charge on any atom is 0.324 e. The van der Waals surface area contributed by atoms with Crippen molar-refractivity contribution in [1.82, 2.24) is 0 Å². The van der Waals surface area contributed by atoms with E-state index in [0.29, 0.717) is 5.00 Å². The number of anilines is 2. The molecule has 0 fully saturated rings. The van der Waals surface area contributed by atoms with Crippen LogP contribution in [0.25, 0.3) is 10.4 Å². The normalized spacial score (nSPS) is 10.3. The van der Waals surface area contributed by atoms with E-state index in [2.05, 4.69) is 10.6 Å². The van der Waals surface area contributed by atoms with E-state index in [9.17, 15) is 14.0 Å². The molecule has 0 saturated carbocycles. The molecule has 126 valence electrons. The van der Waals surface area contributed by atoms with E-state index < -0.39 is 17.8 Å². The number of carbonyl (C=O) groups is 2. The number of benzene rings is 2. The first-order valence-corrected chi connectivity index (χ1v) is 8.18. The van der Waals surface area contributed by atoms with Crippen molar-refractivity contribution in [3.63, 3.8) is 0 Å². The van der Waals surface area contributed by atoms with Crippen LogP contribution in [0.5, 0.6) is 0 Å². The zero-order valence-corrected chi connectivity index (χ0v) is 13.8. The smallest absolute Gasteiger partial charge is 0.324 e. The Kier molecular flexibility index (Phi) is 4.76. The highest BCUT2D eigenvalue weighted by atomic mass is 32.1. The SMILES string of the molecule is NC(=O)c1cc(-c2ccccc2)sc1NC(=O)Nc1ccccc1F. The van der Waals surface area contributed by atoms with Gasteiger partial charge in [-0.2, -0.15) is 0 Å². The van der Waals surface area contributed by atoms with Gasteiger partial charge in [-0.1, -0.05) is 42.5 Å². The molecule has 2 aromatic carbocycles. The third-order valence-electron chi connectivity index (χ3n) is 3.40. The first kappa shape index (κ1) is 16.7. The maximum atomic E-state index is 13.6. The Bertz CT molecular complexity index is 925. The molecule has 0 radical (unpaired) electrons. The van der Waals surface area contributed by atoms with Crippen molar-refractivity contribution in [1.29, 1.82) is 0 Å². The largest absolute Gasteiger partial charge is 0.366 e. The lowest BCUT2D eigenvalue weighted by Crippen LogP contribution is -2.21. The fourth-order valence-corrected chi connectivity index (χ4v) is 3.29. The van der Waals surface area contributed by atoms with Gasteiger partial charge in [0.1, 0.15) is 10.8 Å². The van der Waals surface area contributed by atoms with Crippen LogP contribution in [0.4, 0.5) is 19.9 Å². The molecule has 1 aromatic heterocycles. The van der Waals surface area contributed by atoms with Gasteiger partial charge in [-0.15, -0.1) is 11.3 Å². The molecule has 0 unspecified atom stereocenters. The van der Waals surface area contributed by atoms with Crippen molar-refractivity contribution in [2.24, 2.45) is 5.73 Å². The van der Waals surface area contributed by atoms with Crippen LogP contribution >= 0.6 is 11.3 Å². The van der Waals surface area contributed by atoms with Crippen molar-refractivity contribution in [3.05, 3.63) is 72.0 Å². The summed E-state index contributed by atoms with van der Waals surface area (Å²) in [7, 11) is 0. The monoisotopic (exact) mass is 355 g/mol. The summed E-state index contributed by atoms with van der Waals surface area (Å²) in [4.78, 5) is 24.6. The lowest BCUT2D eigenvalue weighted by Gasteiger charge is -2.07. The number of para-hydroxylation sites is 1. The Hall–Kier alpha value is -3.19. The predicted molar refractivity (Wildman–Crippen MR) is 97.3 cm³/mol. The van der Waals surface area contributed by atoms with Crippen LogP contribution in [0.2, 0.25) is 0 Å². The van der Waals surface area contributed by atoms with E-state index in [0.717, 1.165) is 10.4 Å². The van der Waals surface area contributed by atoms with Crippen LogP contribution in [-0.2, 0) is 0 Å². The number of nitrogens with two attached hydrogens (primary N) is 1. The molecular formula is C18H14FN3O2S. The summed E-state index contributed by atoms with van der Waals surface area (Å²) in [5.74, 6) is -1.21. The first-order valence-electron chi connectivity index (χ1n) is 7.36. The average Bonchev–Trinajstić information content (AvgIpc) is 3.02. The Morgan fingerprint density at radius 1 is 0.960 bits per heavy atom. The fraction of sp³-hybridized carbons (Fsp3) is 0. The topological polar surface area (TPSA) is 84.2 Å². The van der Waals surface area contributed by atoms with Crippen LogP contribution in [0, 0.1) is 5.82 Å². The molecule has 3 aromatic rings. The fourth-order valence-electron chi connectivity index (χ4n) is 2.23. The van der Waals surface area contributed by atoms with Gasteiger partial charge >= 0.3 is 6.03 Å². The van der Waals surface area contributed by atoms with Crippen LogP contribution in [-0.4, -0.2) is 11.9 Å². The molecule has 1 heterocycles. The molecule has 7 heteroatoms. The second-order valence-electron chi connectivity index (χ2n) is 5.14. The zero-order valence-electron chi connectivity index (χ0n) is 13.0. The summed E-state index contributed by atoms with van der Waals surface area (Å²) in [6.45, 7) is 0. The van der Waals surface area contributed by atoms with Gasteiger partial charge in [0.15, 0.2) is 0 Å². The molecule has 5 nitrogen and oxygen atoms in total. The maximum absolute atomic E-state index is 13.6. The molecule has 0 atom stereocenters. The van der Waals surface area contributed by atoms with E-state index in [-0.39, 0.29) is 11.3 Å². The highest BCUT2D eigenvalue weighted by molar-refractivity contribution is 7.20. The molecular weight excluding hydrogens is 341 g/mol. The van der Waals surface area contributed by atoms with E-state index in [1.807, 2.05) is 30.3 Å². The minimum atomic E-state index is -0.658. The van der Waals surface area contributed by atoms with E-state index >= 15 is 0 Å². The Morgan fingerprint density at radius 3 is 2.32 bits per heavy atom. The first-order chi connectivity index (χ1) is 12.0. The summed E-state index contributed by atoms with van der Waals surface area (Å²) in [5, 5.41) is 5.27. The molecule has 3 amide bonds. The van der Waals surface area contributed by atoms with Crippen LogP contribution in [0.3, 0.4) is 0 Å². The number of amides is 3. The van der Waals surface area contributed by atoms with Gasteiger partial charge in [-0.3, -0.25) is 10.1 Å². The number of rotatable bonds is 4. The molecule has 0 bridgehead atoms. The molecule has 0 aliphatic heterocycles. The van der Waals surface area contributed by atoms with E-state index in [1.54, 1.807) is 12.1 Å². The minimum Gasteiger partial charge on any atom is -0.366 e. The van der Waals surface area contributed by atoms with Gasteiger partial charge in [-0.05, 0) is 23.8 Å². The standard InChI is InChI=1S/C18H14FN3O2S/c19-13-8-4-5-9-14(13)21-18(24)22-17-12(16(20)23)10-15(25-17)11-6-2-1-3-7-11/h1-10H,(H2,20,23)(H2,21,22,24). The van der Waals surface area contributed by atoms with Gasteiger partial charge in [0.05, 0.1) is 11.3 Å². The van der Waals surface area contributed by atoms with Gasteiger partial charge < -0.3 is 11.1 Å². The second kappa shape index (κ2) is 7.14. The number of hydrogen-bond donors (Lipinski definition) is 3. The number of halogens is 1. The minimum absolute atomic E-state index is 0.0421. The second-order valence-corrected chi connectivity index (χ2v) is 6.19. The molecule has 0 spiro atoms. The lowest BCUT2D eigenvalue weighted by atomic mass is 10.1. The molecule has 25 heavy (non-hydrogen) atoms. The van der Waals surface area contributed by atoms with E-state index in [4.69, 9.17) is 5.73 Å². The third-order valence-corrected chi connectivity index (χ3v) is 4.50. The Labute approximate surface area is 147 Å². The highest BCUT2D eigenvalue weighted by Gasteiger charge is 2.17. The van der Waals surface area contributed by atoms with Crippen LogP contribution in [0.15, 0.2) is 60.7 Å². The predicted octanol–water partition coefficient (Wildman–Crippen LogP) is 4.30. The molecule has 0 aliphatic rings. The Morgan fingerprint density at radius 2 is 1.64 bits per heavy atom. The summed E-state index contributed by atoms with van der Waals surface area (Å²) in [6.07, 6.45) is 0. The van der Waals surface area contributed by atoms with Gasteiger partial charge in [0, 0.05) is 4.88 Å². The van der Waals surface area contributed by atoms with Gasteiger partial charge in [0.25, 0.3) is 5.91 Å². The molecule has 3 rings (SSSR count). The number of carbonyl (C=O) groups excluding carboxylic acids is 2. The zero-order chi connectivity index (χ0) is 17.8.